The summed E-state index contributed by atoms with van der Waals surface area (Å²) in [6.07, 6.45) is 3.41. The minimum absolute atomic E-state index is 0.119. The fraction of sp³-hybridized carbons (Fsp3) is 1.00. The van der Waals surface area contributed by atoms with Crippen molar-refractivity contribution in [1.29, 1.82) is 0 Å². The second kappa shape index (κ2) is 8.48. The van der Waals surface area contributed by atoms with E-state index in [1.54, 1.807) is 14.2 Å². The van der Waals surface area contributed by atoms with Gasteiger partial charge in [0.25, 0.3) is 0 Å². The fourth-order valence-corrected chi connectivity index (χ4v) is 1.45. The van der Waals surface area contributed by atoms with E-state index in [1.165, 1.54) is 12.8 Å². The number of likely N-dealkylation sites (N-methyl/N-ethyl adjacent to an activating group) is 1. The zero-order valence-electron chi connectivity index (χ0n) is 9.30. The van der Waals surface area contributed by atoms with Gasteiger partial charge in [-0.25, -0.2) is 0 Å². The Labute approximate surface area is 81.8 Å². The molecule has 0 radical (unpaired) electrons. The molecule has 3 heteroatoms. The lowest BCUT2D eigenvalue weighted by Gasteiger charge is -2.25. The molecule has 0 saturated carbocycles. The summed E-state index contributed by atoms with van der Waals surface area (Å²) in [6, 6.07) is 0.319. The molecule has 0 aromatic rings. The van der Waals surface area contributed by atoms with Crippen molar-refractivity contribution in [3.8, 4) is 0 Å². The van der Waals surface area contributed by atoms with E-state index in [1.807, 2.05) is 0 Å². The number of nitrogens with one attached hydrogen (secondary N) is 1. The minimum Gasteiger partial charge on any atom is -0.354 e. The molecule has 0 spiro atoms. The minimum atomic E-state index is -0.119. The van der Waals surface area contributed by atoms with Crippen LogP contribution in [-0.4, -0.2) is 33.1 Å². The summed E-state index contributed by atoms with van der Waals surface area (Å²) in [6.45, 7) is 5.25. The first-order valence-corrected chi connectivity index (χ1v) is 5.09. The Kier molecular flexibility index (Phi) is 8.40. The van der Waals surface area contributed by atoms with Gasteiger partial charge in [0.15, 0.2) is 6.29 Å². The highest BCUT2D eigenvalue weighted by atomic mass is 16.7. The van der Waals surface area contributed by atoms with Crippen LogP contribution in [0.4, 0.5) is 0 Å². The van der Waals surface area contributed by atoms with E-state index in [0.29, 0.717) is 6.04 Å². The van der Waals surface area contributed by atoms with Crippen LogP contribution in [-0.2, 0) is 9.47 Å². The maximum absolute atomic E-state index is 5.23. The van der Waals surface area contributed by atoms with Gasteiger partial charge in [-0.15, -0.1) is 0 Å². The van der Waals surface area contributed by atoms with Gasteiger partial charge >= 0.3 is 0 Å². The second-order valence-electron chi connectivity index (χ2n) is 3.15. The Morgan fingerprint density at radius 2 is 1.77 bits per heavy atom. The quantitative estimate of drug-likeness (QED) is 0.590. The summed E-state index contributed by atoms with van der Waals surface area (Å²) in [7, 11) is 3.37. The van der Waals surface area contributed by atoms with E-state index >= 15 is 0 Å². The Morgan fingerprint density at radius 3 is 2.15 bits per heavy atom. The summed E-state index contributed by atoms with van der Waals surface area (Å²) in [5.41, 5.74) is 0. The first-order valence-electron chi connectivity index (χ1n) is 5.09. The highest BCUT2D eigenvalue weighted by molar-refractivity contribution is 4.69. The maximum atomic E-state index is 5.23. The van der Waals surface area contributed by atoms with Gasteiger partial charge in [0.2, 0.25) is 0 Å². The van der Waals surface area contributed by atoms with Crippen molar-refractivity contribution in [3.63, 3.8) is 0 Å². The molecule has 3 nitrogen and oxygen atoms in total. The van der Waals surface area contributed by atoms with Crippen LogP contribution < -0.4 is 5.32 Å². The van der Waals surface area contributed by atoms with Crippen LogP contribution >= 0.6 is 0 Å². The highest BCUT2D eigenvalue weighted by Crippen LogP contribution is 2.08. The molecule has 1 unspecified atom stereocenters. The second-order valence-corrected chi connectivity index (χ2v) is 3.15. The van der Waals surface area contributed by atoms with Gasteiger partial charge < -0.3 is 14.8 Å². The molecule has 0 aliphatic carbocycles. The number of hydrogen-bond donors (Lipinski definition) is 1. The van der Waals surface area contributed by atoms with Gasteiger partial charge in [-0.05, 0) is 13.0 Å². The van der Waals surface area contributed by atoms with Crippen molar-refractivity contribution < 1.29 is 9.47 Å². The molecule has 0 aliphatic heterocycles. The summed E-state index contributed by atoms with van der Waals surface area (Å²) < 4.78 is 10.5. The van der Waals surface area contributed by atoms with Gasteiger partial charge in [0.1, 0.15) is 0 Å². The number of unbranched alkanes of at least 4 members (excludes halogenated alkanes) is 1. The lowest BCUT2D eigenvalue weighted by atomic mass is 10.1. The lowest BCUT2D eigenvalue weighted by molar-refractivity contribution is -0.124. The van der Waals surface area contributed by atoms with Crippen LogP contribution in [0.3, 0.4) is 0 Å². The SMILES string of the molecule is CCCCC(NCC)C(OC)OC. The molecule has 0 aromatic heterocycles. The van der Waals surface area contributed by atoms with Crippen LogP contribution in [0.2, 0.25) is 0 Å². The highest BCUT2D eigenvalue weighted by Gasteiger charge is 2.18. The Balaban J connectivity index is 3.88. The van der Waals surface area contributed by atoms with Crippen molar-refractivity contribution >= 4 is 0 Å². The van der Waals surface area contributed by atoms with E-state index in [2.05, 4.69) is 19.2 Å². The molecule has 0 rings (SSSR count). The Hall–Kier alpha value is -0.120. The molecule has 0 aliphatic rings. The number of ether oxygens (including phenoxy) is 2. The first-order chi connectivity index (χ1) is 6.29. The molecule has 1 atom stereocenters. The summed E-state index contributed by atoms with van der Waals surface area (Å²) in [5, 5.41) is 3.37. The van der Waals surface area contributed by atoms with Crippen molar-refractivity contribution in [1.82, 2.24) is 5.32 Å². The average Bonchev–Trinajstić information content (AvgIpc) is 2.16. The Morgan fingerprint density at radius 1 is 1.15 bits per heavy atom. The van der Waals surface area contributed by atoms with E-state index in [9.17, 15) is 0 Å². The van der Waals surface area contributed by atoms with Gasteiger partial charge in [-0.2, -0.15) is 0 Å². The molecule has 13 heavy (non-hydrogen) atoms. The third-order valence-electron chi connectivity index (χ3n) is 2.13. The lowest BCUT2D eigenvalue weighted by Crippen LogP contribution is -2.41. The van der Waals surface area contributed by atoms with Crippen LogP contribution in [0.25, 0.3) is 0 Å². The van der Waals surface area contributed by atoms with E-state index < -0.39 is 0 Å². The number of rotatable bonds is 8. The molecular formula is C10H23NO2. The predicted molar refractivity (Wildman–Crippen MR) is 54.8 cm³/mol. The molecule has 0 fully saturated rings. The van der Waals surface area contributed by atoms with Crippen molar-refractivity contribution in [2.75, 3.05) is 20.8 Å². The molecule has 0 bridgehead atoms. The summed E-state index contributed by atoms with van der Waals surface area (Å²) in [4.78, 5) is 0. The molecular weight excluding hydrogens is 166 g/mol. The van der Waals surface area contributed by atoms with Crippen molar-refractivity contribution in [2.45, 2.75) is 45.4 Å². The molecule has 0 amide bonds. The third-order valence-corrected chi connectivity index (χ3v) is 2.13. The average molecular weight is 189 g/mol. The largest absolute Gasteiger partial charge is 0.354 e. The van der Waals surface area contributed by atoms with Crippen LogP contribution in [0.1, 0.15) is 33.1 Å². The van der Waals surface area contributed by atoms with E-state index in [4.69, 9.17) is 9.47 Å². The van der Waals surface area contributed by atoms with Crippen LogP contribution in [0, 0.1) is 0 Å². The fourth-order valence-electron chi connectivity index (χ4n) is 1.45. The van der Waals surface area contributed by atoms with Gasteiger partial charge in [-0.1, -0.05) is 26.7 Å². The third kappa shape index (κ3) is 5.24. The Bertz CT molecular complexity index is 105. The van der Waals surface area contributed by atoms with Crippen molar-refractivity contribution in [3.05, 3.63) is 0 Å². The molecule has 1 N–H and O–H groups in total. The zero-order valence-corrected chi connectivity index (χ0v) is 9.30. The van der Waals surface area contributed by atoms with Gasteiger partial charge in [0, 0.05) is 14.2 Å². The monoisotopic (exact) mass is 189 g/mol. The van der Waals surface area contributed by atoms with Crippen LogP contribution in [0.5, 0.6) is 0 Å². The topological polar surface area (TPSA) is 30.5 Å². The van der Waals surface area contributed by atoms with Gasteiger partial charge in [-0.3, -0.25) is 0 Å². The summed E-state index contributed by atoms with van der Waals surface area (Å²) >= 11 is 0. The standard InChI is InChI=1S/C10H23NO2/c1-5-7-8-9(11-6-2)10(12-3)13-4/h9-11H,5-8H2,1-4H3. The molecule has 0 aromatic carbocycles. The molecule has 0 saturated heterocycles. The summed E-state index contributed by atoms with van der Waals surface area (Å²) in [5.74, 6) is 0. The van der Waals surface area contributed by atoms with E-state index in [-0.39, 0.29) is 6.29 Å². The van der Waals surface area contributed by atoms with E-state index in [0.717, 1.165) is 13.0 Å². The zero-order chi connectivity index (χ0) is 10.1. The molecule has 0 heterocycles. The number of hydrogen-bond acceptors (Lipinski definition) is 3. The van der Waals surface area contributed by atoms with Gasteiger partial charge in [0.05, 0.1) is 6.04 Å². The van der Waals surface area contributed by atoms with Crippen molar-refractivity contribution in [2.24, 2.45) is 0 Å². The van der Waals surface area contributed by atoms with Crippen LogP contribution in [0.15, 0.2) is 0 Å². The predicted octanol–water partition coefficient (Wildman–Crippen LogP) is 1.77. The number of methoxy groups -OCH3 is 2. The smallest absolute Gasteiger partial charge is 0.171 e. The first kappa shape index (κ1) is 12.9. The maximum Gasteiger partial charge on any atom is 0.171 e. The molecule has 80 valence electrons. The normalized spacial score (nSPS) is 13.6.